The molecule has 4 unspecified atom stereocenters. The second-order valence-electron chi connectivity index (χ2n) is 8.13. The van der Waals surface area contributed by atoms with E-state index in [-0.39, 0.29) is 6.10 Å². The number of hydrogen-bond acceptors (Lipinski definition) is 2. The molecular formula is C17H35NO. The average molecular weight is 269 g/mol. The van der Waals surface area contributed by atoms with Crippen molar-refractivity contribution < 1.29 is 5.11 Å². The molecule has 1 fully saturated rings. The standard InChI is InChI=1S/C17H35NO/c1-12(2)14-8-9-16(19)15(10-14)11-18(7)13(3)17(4,5)6/h12-16,19H,8-11H2,1-7H3. The van der Waals surface area contributed by atoms with Crippen molar-refractivity contribution in [1.29, 1.82) is 0 Å². The molecular weight excluding hydrogens is 234 g/mol. The van der Waals surface area contributed by atoms with Gasteiger partial charge in [-0.15, -0.1) is 0 Å². The van der Waals surface area contributed by atoms with Gasteiger partial charge in [-0.1, -0.05) is 34.6 Å². The topological polar surface area (TPSA) is 23.5 Å². The van der Waals surface area contributed by atoms with Crippen molar-refractivity contribution in [2.45, 2.75) is 73.0 Å². The maximum absolute atomic E-state index is 10.3. The Labute approximate surface area is 120 Å². The summed E-state index contributed by atoms with van der Waals surface area (Å²) < 4.78 is 0. The molecule has 1 rings (SSSR count). The van der Waals surface area contributed by atoms with Crippen molar-refractivity contribution in [1.82, 2.24) is 4.90 Å². The molecule has 0 spiro atoms. The largest absolute Gasteiger partial charge is 0.393 e. The van der Waals surface area contributed by atoms with Gasteiger partial charge in [-0.2, -0.15) is 0 Å². The molecule has 0 saturated heterocycles. The van der Waals surface area contributed by atoms with Crippen LogP contribution < -0.4 is 0 Å². The molecule has 114 valence electrons. The van der Waals surface area contributed by atoms with Crippen molar-refractivity contribution in [3.8, 4) is 0 Å². The minimum atomic E-state index is -0.0929. The van der Waals surface area contributed by atoms with E-state index in [4.69, 9.17) is 0 Å². The molecule has 1 aliphatic carbocycles. The van der Waals surface area contributed by atoms with Crippen molar-refractivity contribution >= 4 is 0 Å². The predicted molar refractivity (Wildman–Crippen MR) is 83.2 cm³/mol. The fourth-order valence-electron chi connectivity index (χ4n) is 3.28. The van der Waals surface area contributed by atoms with Crippen LogP contribution in [-0.4, -0.2) is 35.7 Å². The molecule has 19 heavy (non-hydrogen) atoms. The Morgan fingerprint density at radius 1 is 1.16 bits per heavy atom. The lowest BCUT2D eigenvalue weighted by Gasteiger charge is -2.41. The van der Waals surface area contributed by atoms with Gasteiger partial charge in [-0.25, -0.2) is 0 Å². The number of hydrogen-bond donors (Lipinski definition) is 1. The van der Waals surface area contributed by atoms with Gasteiger partial charge in [-0.3, -0.25) is 0 Å². The molecule has 1 aliphatic rings. The second kappa shape index (κ2) is 6.58. The third kappa shape index (κ3) is 4.75. The molecule has 0 bridgehead atoms. The van der Waals surface area contributed by atoms with E-state index in [1.165, 1.54) is 12.8 Å². The van der Waals surface area contributed by atoms with Gasteiger partial charge in [-0.05, 0) is 56.4 Å². The summed E-state index contributed by atoms with van der Waals surface area (Å²) in [6.07, 6.45) is 3.30. The van der Waals surface area contributed by atoms with Gasteiger partial charge in [0.25, 0.3) is 0 Å². The SMILES string of the molecule is CC(C)C1CCC(O)C(CN(C)C(C)C(C)(C)C)C1. The highest BCUT2D eigenvalue weighted by Crippen LogP contribution is 2.35. The lowest BCUT2D eigenvalue weighted by Crippen LogP contribution is -2.45. The van der Waals surface area contributed by atoms with Gasteiger partial charge in [0.1, 0.15) is 0 Å². The zero-order valence-electron chi connectivity index (χ0n) is 14.1. The number of aliphatic hydroxyl groups is 1. The van der Waals surface area contributed by atoms with E-state index in [9.17, 15) is 5.11 Å². The summed E-state index contributed by atoms with van der Waals surface area (Å²) in [6, 6.07) is 0.541. The zero-order chi connectivity index (χ0) is 14.8. The maximum atomic E-state index is 10.3. The van der Waals surface area contributed by atoms with Gasteiger partial charge in [0, 0.05) is 12.6 Å². The second-order valence-corrected chi connectivity index (χ2v) is 8.13. The first-order valence-corrected chi connectivity index (χ1v) is 8.01. The van der Waals surface area contributed by atoms with Crippen molar-refractivity contribution in [2.24, 2.45) is 23.2 Å². The summed E-state index contributed by atoms with van der Waals surface area (Å²) in [5, 5.41) is 10.3. The van der Waals surface area contributed by atoms with Gasteiger partial charge in [0.2, 0.25) is 0 Å². The lowest BCUT2D eigenvalue weighted by molar-refractivity contribution is 0.00771. The highest BCUT2D eigenvalue weighted by atomic mass is 16.3. The summed E-state index contributed by atoms with van der Waals surface area (Å²) >= 11 is 0. The molecule has 2 nitrogen and oxygen atoms in total. The van der Waals surface area contributed by atoms with E-state index in [0.29, 0.717) is 17.4 Å². The molecule has 0 heterocycles. The normalized spacial score (nSPS) is 30.9. The van der Waals surface area contributed by atoms with Crippen LogP contribution in [0.5, 0.6) is 0 Å². The van der Waals surface area contributed by atoms with Gasteiger partial charge < -0.3 is 10.0 Å². The Morgan fingerprint density at radius 3 is 2.21 bits per heavy atom. The molecule has 0 aliphatic heterocycles. The third-order valence-electron chi connectivity index (χ3n) is 5.36. The molecule has 0 radical (unpaired) electrons. The Kier molecular flexibility index (Phi) is 5.88. The minimum Gasteiger partial charge on any atom is -0.393 e. The van der Waals surface area contributed by atoms with Gasteiger partial charge >= 0.3 is 0 Å². The number of rotatable bonds is 4. The fraction of sp³-hybridized carbons (Fsp3) is 1.00. The first-order chi connectivity index (χ1) is 8.62. The van der Waals surface area contributed by atoms with E-state index in [2.05, 4.69) is 53.5 Å². The van der Waals surface area contributed by atoms with Crippen LogP contribution >= 0.6 is 0 Å². The highest BCUT2D eigenvalue weighted by Gasteiger charge is 2.33. The summed E-state index contributed by atoms with van der Waals surface area (Å²) in [4.78, 5) is 2.44. The van der Waals surface area contributed by atoms with Crippen LogP contribution in [0.1, 0.15) is 60.8 Å². The monoisotopic (exact) mass is 269 g/mol. The molecule has 4 atom stereocenters. The Hall–Kier alpha value is -0.0800. The van der Waals surface area contributed by atoms with Crippen LogP contribution in [0, 0.1) is 23.2 Å². The quantitative estimate of drug-likeness (QED) is 0.839. The summed E-state index contributed by atoms with van der Waals surface area (Å²) in [5.41, 5.74) is 0.297. The number of nitrogens with zero attached hydrogens (tertiary/aromatic N) is 1. The molecule has 0 aromatic heterocycles. The van der Waals surface area contributed by atoms with Crippen molar-refractivity contribution in [2.75, 3.05) is 13.6 Å². The van der Waals surface area contributed by atoms with Crippen LogP contribution in [-0.2, 0) is 0 Å². The molecule has 0 aromatic rings. The first kappa shape index (κ1) is 17.0. The molecule has 2 heteroatoms. The Bertz CT molecular complexity index is 269. The third-order valence-corrected chi connectivity index (χ3v) is 5.36. The molecule has 0 amide bonds. The predicted octanol–water partition coefficient (Wildman–Crippen LogP) is 3.79. The lowest BCUT2D eigenvalue weighted by atomic mass is 9.74. The summed E-state index contributed by atoms with van der Waals surface area (Å²) in [6.45, 7) is 14.9. The van der Waals surface area contributed by atoms with Crippen molar-refractivity contribution in [3.63, 3.8) is 0 Å². The summed E-state index contributed by atoms with van der Waals surface area (Å²) in [5.74, 6) is 2.00. The van der Waals surface area contributed by atoms with Crippen LogP contribution in [0.25, 0.3) is 0 Å². The molecule has 1 N–H and O–H groups in total. The first-order valence-electron chi connectivity index (χ1n) is 8.01. The highest BCUT2D eigenvalue weighted by molar-refractivity contribution is 4.85. The molecule has 1 saturated carbocycles. The average Bonchev–Trinajstić information content (AvgIpc) is 2.29. The maximum Gasteiger partial charge on any atom is 0.0580 e. The number of aliphatic hydroxyl groups excluding tert-OH is 1. The fourth-order valence-corrected chi connectivity index (χ4v) is 3.28. The Balaban J connectivity index is 2.58. The van der Waals surface area contributed by atoms with E-state index in [1.54, 1.807) is 0 Å². The van der Waals surface area contributed by atoms with E-state index < -0.39 is 0 Å². The Morgan fingerprint density at radius 2 is 1.74 bits per heavy atom. The minimum absolute atomic E-state index is 0.0929. The van der Waals surface area contributed by atoms with E-state index in [1.807, 2.05) is 0 Å². The van der Waals surface area contributed by atoms with E-state index >= 15 is 0 Å². The van der Waals surface area contributed by atoms with Crippen molar-refractivity contribution in [3.05, 3.63) is 0 Å². The smallest absolute Gasteiger partial charge is 0.0580 e. The summed E-state index contributed by atoms with van der Waals surface area (Å²) in [7, 11) is 2.21. The van der Waals surface area contributed by atoms with Crippen LogP contribution in [0.2, 0.25) is 0 Å². The molecule has 0 aromatic carbocycles. The van der Waals surface area contributed by atoms with Gasteiger partial charge in [0.05, 0.1) is 6.10 Å². The van der Waals surface area contributed by atoms with Crippen LogP contribution in [0.4, 0.5) is 0 Å². The zero-order valence-corrected chi connectivity index (χ0v) is 14.1. The van der Waals surface area contributed by atoms with Gasteiger partial charge in [0.15, 0.2) is 0 Å². The van der Waals surface area contributed by atoms with Crippen LogP contribution in [0.3, 0.4) is 0 Å². The van der Waals surface area contributed by atoms with E-state index in [0.717, 1.165) is 24.8 Å². The van der Waals surface area contributed by atoms with Crippen LogP contribution in [0.15, 0.2) is 0 Å².